The normalized spacial score (nSPS) is 19.6. The summed E-state index contributed by atoms with van der Waals surface area (Å²) in [6.45, 7) is 8.10. The van der Waals surface area contributed by atoms with Crippen molar-refractivity contribution in [1.82, 2.24) is 19.3 Å². The smallest absolute Gasteiger partial charge is 0.277 e. The number of aromatic nitrogens is 1. The van der Waals surface area contributed by atoms with E-state index in [4.69, 9.17) is 25.6 Å². The first-order chi connectivity index (χ1) is 17.0. The molecule has 1 aromatic heterocycles. The lowest BCUT2D eigenvalue weighted by molar-refractivity contribution is -0.161. The quantitative estimate of drug-likeness (QED) is 0.474. The van der Waals surface area contributed by atoms with Gasteiger partial charge in [0.25, 0.3) is 5.91 Å². The number of nitrogens with zero attached hydrogens (tertiary/aromatic N) is 4. The predicted octanol–water partition coefficient (Wildman–Crippen LogP) is 4.47. The molecule has 0 spiro atoms. The minimum atomic E-state index is -1.52. The lowest BCUT2D eigenvalue weighted by Gasteiger charge is -2.39. The average Bonchev–Trinajstić information content (AvgIpc) is 2.96. The summed E-state index contributed by atoms with van der Waals surface area (Å²) in [7, 11) is 3.03. The minimum absolute atomic E-state index is 0.228. The average molecular weight is 598 g/mol. The SMILES string of the molecule is CON(C)C(=O)C1=Cc2cc(Br)cnc2C(N2CCN(S(=O)OC(C)(C)C)CC2)c2ccc(Cl)cc21. The zero-order valence-electron chi connectivity index (χ0n) is 21.0. The lowest BCUT2D eigenvalue weighted by atomic mass is 9.93. The van der Waals surface area contributed by atoms with Gasteiger partial charge in [-0.1, -0.05) is 17.7 Å². The molecule has 2 aromatic rings. The molecule has 2 atom stereocenters. The topological polar surface area (TPSA) is 75.2 Å². The van der Waals surface area contributed by atoms with E-state index in [0.29, 0.717) is 36.8 Å². The van der Waals surface area contributed by atoms with Gasteiger partial charge in [-0.3, -0.25) is 23.7 Å². The van der Waals surface area contributed by atoms with Gasteiger partial charge in [0.15, 0.2) is 0 Å². The summed E-state index contributed by atoms with van der Waals surface area (Å²) in [5.74, 6) is -0.285. The van der Waals surface area contributed by atoms with E-state index in [1.54, 1.807) is 13.2 Å². The Morgan fingerprint density at radius 1 is 1.22 bits per heavy atom. The summed E-state index contributed by atoms with van der Waals surface area (Å²) in [5, 5.41) is 1.73. The molecule has 8 nitrogen and oxygen atoms in total. The van der Waals surface area contributed by atoms with Crippen molar-refractivity contribution >= 4 is 56.4 Å². The molecule has 1 fully saturated rings. The predicted molar refractivity (Wildman–Crippen MR) is 145 cm³/mol. The van der Waals surface area contributed by atoms with Crippen LogP contribution in [0.5, 0.6) is 0 Å². The second-order valence-corrected chi connectivity index (χ2v) is 12.2. The number of halogens is 2. The van der Waals surface area contributed by atoms with Crippen LogP contribution in [0.25, 0.3) is 11.6 Å². The van der Waals surface area contributed by atoms with Gasteiger partial charge >= 0.3 is 0 Å². The largest absolute Gasteiger partial charge is 0.288 e. The standard InChI is InChI=1S/C25H30BrClN4O4S/c1-25(2,3)35-36(33)31-10-8-30(9-11-31)23-19-7-6-18(27)14-20(19)21(24(32)29(4)34-5)13-16-12-17(26)15-28-22(16)23/h6-7,12-15,23H,8-11H2,1-5H3. The molecule has 0 N–H and O–H groups in total. The van der Waals surface area contributed by atoms with Gasteiger partial charge in [-0.2, -0.15) is 4.31 Å². The molecule has 2 aliphatic rings. The molecule has 1 amide bonds. The highest BCUT2D eigenvalue weighted by Crippen LogP contribution is 2.41. The molecule has 2 heterocycles. The van der Waals surface area contributed by atoms with Crippen LogP contribution in [0.3, 0.4) is 0 Å². The number of benzene rings is 1. The van der Waals surface area contributed by atoms with E-state index in [-0.39, 0.29) is 11.9 Å². The second kappa shape index (κ2) is 11.0. The summed E-state index contributed by atoms with van der Waals surface area (Å²) in [5.41, 5.74) is 3.30. The fourth-order valence-electron chi connectivity index (χ4n) is 4.37. The third-order valence-electron chi connectivity index (χ3n) is 6.04. The van der Waals surface area contributed by atoms with Crippen molar-refractivity contribution in [3.8, 4) is 0 Å². The molecule has 36 heavy (non-hydrogen) atoms. The zero-order chi connectivity index (χ0) is 26.2. The number of carbonyl (C=O) groups excluding carboxylic acids is 1. The number of pyridine rings is 1. The Balaban J connectivity index is 1.75. The van der Waals surface area contributed by atoms with Crippen LogP contribution in [0, 0.1) is 0 Å². The molecule has 4 rings (SSSR count). The van der Waals surface area contributed by atoms with Crippen LogP contribution in [0.2, 0.25) is 5.02 Å². The van der Waals surface area contributed by atoms with Crippen molar-refractivity contribution < 1.29 is 18.0 Å². The van der Waals surface area contributed by atoms with E-state index in [0.717, 1.165) is 26.9 Å². The van der Waals surface area contributed by atoms with Crippen LogP contribution < -0.4 is 0 Å². The van der Waals surface area contributed by atoms with Crippen LogP contribution in [0.1, 0.15) is 49.2 Å². The van der Waals surface area contributed by atoms with E-state index >= 15 is 0 Å². The van der Waals surface area contributed by atoms with Crippen LogP contribution in [-0.4, -0.2) is 75.3 Å². The maximum atomic E-state index is 13.4. The third-order valence-corrected chi connectivity index (χ3v) is 8.13. The van der Waals surface area contributed by atoms with E-state index < -0.39 is 16.9 Å². The Labute approximate surface area is 228 Å². The van der Waals surface area contributed by atoms with Crippen LogP contribution in [0.15, 0.2) is 34.9 Å². The van der Waals surface area contributed by atoms with Crippen molar-refractivity contribution in [3.63, 3.8) is 0 Å². The summed E-state index contributed by atoms with van der Waals surface area (Å²) in [4.78, 5) is 25.7. The van der Waals surface area contributed by atoms with Crippen LogP contribution >= 0.6 is 27.5 Å². The maximum Gasteiger partial charge on any atom is 0.277 e. The molecule has 1 aromatic carbocycles. The number of hydroxylamine groups is 2. The molecule has 1 aliphatic heterocycles. The maximum absolute atomic E-state index is 13.4. The fourth-order valence-corrected chi connectivity index (χ4v) is 5.88. The van der Waals surface area contributed by atoms with Crippen molar-refractivity contribution in [2.45, 2.75) is 32.4 Å². The molecule has 0 saturated carbocycles. The van der Waals surface area contributed by atoms with Crippen molar-refractivity contribution in [2.24, 2.45) is 0 Å². The molecule has 1 aliphatic carbocycles. The number of piperazine rings is 1. The molecular weight excluding hydrogens is 568 g/mol. The van der Waals surface area contributed by atoms with Gasteiger partial charge in [0.1, 0.15) is 0 Å². The van der Waals surface area contributed by atoms with Crippen LogP contribution in [-0.2, 0) is 25.1 Å². The van der Waals surface area contributed by atoms with Gasteiger partial charge in [0, 0.05) is 48.9 Å². The second-order valence-electron chi connectivity index (χ2n) is 9.68. The Hall–Kier alpha value is -1.66. The highest BCUT2D eigenvalue weighted by molar-refractivity contribution is 9.10. The number of carbonyl (C=O) groups is 1. The number of fused-ring (bicyclic) bond motifs is 2. The highest BCUT2D eigenvalue weighted by Gasteiger charge is 2.36. The molecule has 0 radical (unpaired) electrons. The van der Waals surface area contributed by atoms with E-state index in [9.17, 15) is 9.00 Å². The van der Waals surface area contributed by atoms with Gasteiger partial charge in [0.2, 0.25) is 11.3 Å². The molecule has 11 heteroatoms. The van der Waals surface area contributed by atoms with Gasteiger partial charge in [-0.05, 0) is 77.7 Å². The number of amides is 1. The van der Waals surface area contributed by atoms with Gasteiger partial charge in [-0.15, -0.1) is 0 Å². The first-order valence-electron chi connectivity index (χ1n) is 11.6. The van der Waals surface area contributed by atoms with Crippen molar-refractivity contribution in [1.29, 1.82) is 0 Å². The number of rotatable bonds is 5. The summed E-state index contributed by atoms with van der Waals surface area (Å²) in [6, 6.07) is 7.35. The third kappa shape index (κ3) is 5.91. The summed E-state index contributed by atoms with van der Waals surface area (Å²) < 4.78 is 21.1. The van der Waals surface area contributed by atoms with Crippen molar-refractivity contribution in [3.05, 3.63) is 62.3 Å². The van der Waals surface area contributed by atoms with Crippen molar-refractivity contribution in [2.75, 3.05) is 40.3 Å². The Morgan fingerprint density at radius 2 is 1.92 bits per heavy atom. The molecule has 1 saturated heterocycles. The Bertz CT molecular complexity index is 1210. The van der Waals surface area contributed by atoms with Gasteiger partial charge in [0.05, 0.1) is 30.0 Å². The minimum Gasteiger partial charge on any atom is -0.288 e. The van der Waals surface area contributed by atoms with E-state index in [2.05, 4.69) is 20.8 Å². The van der Waals surface area contributed by atoms with E-state index in [1.807, 2.05) is 55.4 Å². The monoisotopic (exact) mass is 596 g/mol. The number of likely N-dealkylation sites (N-methyl/N-ethyl adjacent to an activating group) is 1. The highest BCUT2D eigenvalue weighted by atomic mass is 79.9. The van der Waals surface area contributed by atoms with E-state index in [1.165, 1.54) is 12.2 Å². The van der Waals surface area contributed by atoms with Gasteiger partial charge < -0.3 is 0 Å². The molecule has 2 unspecified atom stereocenters. The number of hydrogen-bond acceptors (Lipinski definition) is 6. The fraction of sp³-hybridized carbons (Fsp3) is 0.440. The molecule has 194 valence electrons. The lowest BCUT2D eigenvalue weighted by Crippen LogP contribution is -2.49. The Kier molecular flexibility index (Phi) is 8.35. The summed E-state index contributed by atoms with van der Waals surface area (Å²) >= 11 is 8.42. The summed E-state index contributed by atoms with van der Waals surface area (Å²) in [6.07, 6.45) is 3.62. The molecule has 0 bridgehead atoms. The number of hydrogen-bond donors (Lipinski definition) is 0. The first-order valence-corrected chi connectivity index (χ1v) is 13.8. The first kappa shape index (κ1) is 27.4. The zero-order valence-corrected chi connectivity index (χ0v) is 24.1. The Morgan fingerprint density at radius 3 is 2.56 bits per heavy atom. The van der Waals surface area contributed by atoms with Gasteiger partial charge in [-0.25, -0.2) is 9.27 Å². The molecular formula is C25H30BrClN4O4S. The van der Waals surface area contributed by atoms with Crippen LogP contribution in [0.4, 0.5) is 0 Å².